The molecule has 5 heterocycles. The van der Waals surface area contributed by atoms with Gasteiger partial charge in [0.1, 0.15) is 0 Å². The molecule has 5 aromatic heterocycles. The molecule has 0 saturated heterocycles. The minimum Gasteiger partial charge on any atom is -0.310 e. The van der Waals surface area contributed by atoms with Crippen LogP contribution >= 0.6 is 11.8 Å². The van der Waals surface area contributed by atoms with Crippen molar-refractivity contribution in [3.05, 3.63) is 81.4 Å². The zero-order valence-electron chi connectivity index (χ0n) is 15.8. The molecule has 0 aliphatic carbocycles. The van der Waals surface area contributed by atoms with Crippen LogP contribution in [0.15, 0.2) is 69.9 Å². The van der Waals surface area contributed by atoms with Crippen LogP contribution in [-0.2, 0) is 6.54 Å². The predicted molar refractivity (Wildman–Crippen MR) is 114 cm³/mol. The van der Waals surface area contributed by atoms with Crippen molar-refractivity contribution < 1.29 is 0 Å². The SMILES string of the molecule is CSc1n[nH]c(-n2ccc3nc4ccn(Cc5cccnc5)c(=O)c4cc3c2=O)n1. The summed E-state index contributed by atoms with van der Waals surface area (Å²) in [6.07, 6.45) is 8.55. The molecule has 0 radical (unpaired) electrons. The average molecular weight is 417 g/mol. The summed E-state index contributed by atoms with van der Waals surface area (Å²) in [6, 6.07) is 8.83. The Labute approximate surface area is 173 Å². The van der Waals surface area contributed by atoms with Gasteiger partial charge in [-0.3, -0.25) is 19.1 Å². The predicted octanol–water partition coefficient (Wildman–Crippen LogP) is 1.98. The van der Waals surface area contributed by atoms with Crippen LogP contribution < -0.4 is 11.1 Å². The lowest BCUT2D eigenvalue weighted by Crippen LogP contribution is -2.22. The fourth-order valence-corrected chi connectivity index (χ4v) is 3.60. The Bertz CT molecular complexity index is 1510. The lowest BCUT2D eigenvalue weighted by Gasteiger charge is -2.08. The topological polar surface area (TPSA) is 111 Å². The summed E-state index contributed by atoms with van der Waals surface area (Å²) in [5.74, 6) is 0.313. The van der Waals surface area contributed by atoms with Crippen molar-refractivity contribution in [1.29, 1.82) is 0 Å². The van der Waals surface area contributed by atoms with Crippen LogP contribution in [0, 0.1) is 0 Å². The summed E-state index contributed by atoms with van der Waals surface area (Å²) in [5, 5.41) is 8.04. The first-order valence-electron chi connectivity index (χ1n) is 9.05. The second-order valence-electron chi connectivity index (χ2n) is 6.60. The molecule has 0 aliphatic rings. The van der Waals surface area contributed by atoms with Crippen molar-refractivity contribution in [2.75, 3.05) is 6.26 Å². The van der Waals surface area contributed by atoms with Gasteiger partial charge in [0.15, 0.2) is 0 Å². The zero-order valence-corrected chi connectivity index (χ0v) is 16.6. The number of hydrogen-bond donors (Lipinski definition) is 1. The van der Waals surface area contributed by atoms with E-state index in [4.69, 9.17) is 0 Å². The standard InChI is InChI=1S/C20H15N7O2S/c1-30-20-23-19(24-25-20)27-8-5-16-14(18(27)29)9-13-15(22-16)4-7-26(17(13)28)11-12-3-2-6-21-10-12/h2-10H,11H2,1H3,(H,23,24,25). The number of pyridine rings is 4. The maximum atomic E-state index is 13.1. The Morgan fingerprint density at radius 3 is 2.57 bits per heavy atom. The summed E-state index contributed by atoms with van der Waals surface area (Å²) < 4.78 is 2.94. The fourth-order valence-electron chi connectivity index (χ4n) is 3.28. The van der Waals surface area contributed by atoms with Gasteiger partial charge in [0.25, 0.3) is 11.1 Å². The third-order valence-electron chi connectivity index (χ3n) is 4.76. The number of thioether (sulfide) groups is 1. The van der Waals surface area contributed by atoms with Gasteiger partial charge in [0.05, 0.1) is 28.4 Å². The van der Waals surface area contributed by atoms with E-state index in [0.717, 1.165) is 5.56 Å². The van der Waals surface area contributed by atoms with E-state index in [1.807, 2.05) is 18.4 Å². The smallest absolute Gasteiger partial charge is 0.266 e. The Morgan fingerprint density at radius 2 is 1.83 bits per heavy atom. The minimum atomic E-state index is -0.326. The first-order valence-corrected chi connectivity index (χ1v) is 10.3. The Morgan fingerprint density at radius 1 is 1.03 bits per heavy atom. The highest BCUT2D eigenvalue weighted by Crippen LogP contribution is 2.16. The van der Waals surface area contributed by atoms with E-state index in [2.05, 4.69) is 25.1 Å². The molecular weight excluding hydrogens is 402 g/mol. The number of H-pyrrole nitrogens is 1. The van der Waals surface area contributed by atoms with Gasteiger partial charge in [-0.1, -0.05) is 17.8 Å². The summed E-state index contributed by atoms with van der Waals surface area (Å²) in [5.41, 5.74) is 1.41. The van der Waals surface area contributed by atoms with Crippen LogP contribution in [0.25, 0.3) is 27.8 Å². The van der Waals surface area contributed by atoms with Gasteiger partial charge in [-0.05, 0) is 36.1 Å². The molecule has 10 heteroatoms. The zero-order chi connectivity index (χ0) is 20.7. The van der Waals surface area contributed by atoms with Gasteiger partial charge in [-0.15, -0.1) is 5.10 Å². The van der Waals surface area contributed by atoms with Crippen LogP contribution in [0.3, 0.4) is 0 Å². The normalized spacial score (nSPS) is 11.4. The second-order valence-corrected chi connectivity index (χ2v) is 7.37. The molecule has 5 rings (SSSR count). The maximum Gasteiger partial charge on any atom is 0.266 e. The van der Waals surface area contributed by atoms with Crippen molar-refractivity contribution in [3.63, 3.8) is 0 Å². The van der Waals surface area contributed by atoms with Gasteiger partial charge in [-0.25, -0.2) is 10.1 Å². The van der Waals surface area contributed by atoms with Gasteiger partial charge in [0.2, 0.25) is 11.1 Å². The van der Waals surface area contributed by atoms with Crippen molar-refractivity contribution >= 4 is 33.6 Å². The quantitative estimate of drug-likeness (QED) is 0.352. The van der Waals surface area contributed by atoms with E-state index >= 15 is 0 Å². The lowest BCUT2D eigenvalue weighted by molar-refractivity contribution is 0.764. The number of nitrogens with one attached hydrogen (secondary N) is 1. The van der Waals surface area contributed by atoms with E-state index in [1.54, 1.807) is 47.6 Å². The Balaban J connectivity index is 1.67. The van der Waals surface area contributed by atoms with Gasteiger partial charge in [-0.2, -0.15) is 4.98 Å². The molecule has 1 N–H and O–H groups in total. The molecular formula is C20H15N7O2S. The number of rotatable bonds is 4. The molecule has 0 fully saturated rings. The molecule has 0 bridgehead atoms. The number of hydrogen-bond acceptors (Lipinski definition) is 7. The largest absolute Gasteiger partial charge is 0.310 e. The second kappa shape index (κ2) is 7.23. The maximum absolute atomic E-state index is 13.1. The van der Waals surface area contributed by atoms with E-state index < -0.39 is 0 Å². The van der Waals surface area contributed by atoms with Crippen LogP contribution in [0.5, 0.6) is 0 Å². The highest BCUT2D eigenvalue weighted by Gasteiger charge is 2.13. The van der Waals surface area contributed by atoms with Crippen molar-refractivity contribution in [1.82, 2.24) is 34.3 Å². The van der Waals surface area contributed by atoms with Gasteiger partial charge >= 0.3 is 0 Å². The van der Waals surface area contributed by atoms with Crippen LogP contribution in [0.1, 0.15) is 5.56 Å². The average Bonchev–Trinajstić information content (AvgIpc) is 3.25. The van der Waals surface area contributed by atoms with E-state index in [0.29, 0.717) is 39.5 Å². The molecule has 9 nitrogen and oxygen atoms in total. The van der Waals surface area contributed by atoms with Crippen molar-refractivity contribution in [3.8, 4) is 5.95 Å². The number of aromatic amines is 1. The Hall–Kier alpha value is -3.79. The third-order valence-corrected chi connectivity index (χ3v) is 5.30. The van der Waals surface area contributed by atoms with Crippen molar-refractivity contribution in [2.24, 2.45) is 0 Å². The molecule has 0 atom stereocenters. The van der Waals surface area contributed by atoms with Crippen LogP contribution in [0.4, 0.5) is 0 Å². The number of aromatic nitrogens is 7. The molecule has 0 aliphatic heterocycles. The molecule has 0 aromatic carbocycles. The highest BCUT2D eigenvalue weighted by atomic mass is 32.2. The molecule has 0 spiro atoms. The van der Waals surface area contributed by atoms with E-state index in [-0.39, 0.29) is 11.1 Å². The summed E-state index contributed by atoms with van der Waals surface area (Å²) in [6.45, 7) is 0.384. The fraction of sp³-hybridized carbons (Fsp3) is 0.100. The minimum absolute atomic E-state index is 0.218. The molecule has 0 amide bonds. The Kier molecular flexibility index (Phi) is 4.40. The van der Waals surface area contributed by atoms with Crippen molar-refractivity contribution in [2.45, 2.75) is 11.7 Å². The molecule has 30 heavy (non-hydrogen) atoms. The summed E-state index contributed by atoms with van der Waals surface area (Å²) >= 11 is 1.37. The highest BCUT2D eigenvalue weighted by molar-refractivity contribution is 7.98. The molecule has 0 saturated carbocycles. The van der Waals surface area contributed by atoms with Crippen LogP contribution in [-0.4, -0.2) is 40.5 Å². The monoisotopic (exact) mass is 417 g/mol. The number of fused-ring (bicyclic) bond motifs is 2. The van der Waals surface area contributed by atoms with E-state index in [9.17, 15) is 9.59 Å². The first-order chi connectivity index (χ1) is 14.6. The van der Waals surface area contributed by atoms with Gasteiger partial charge < -0.3 is 4.57 Å². The van der Waals surface area contributed by atoms with Gasteiger partial charge in [0, 0.05) is 24.8 Å². The lowest BCUT2D eigenvalue weighted by atomic mass is 10.2. The third kappa shape index (κ3) is 3.07. The molecule has 0 unspecified atom stereocenters. The first kappa shape index (κ1) is 18.3. The number of nitrogens with zero attached hydrogens (tertiary/aromatic N) is 6. The van der Waals surface area contributed by atoms with E-state index in [1.165, 1.54) is 16.3 Å². The summed E-state index contributed by atoms with van der Waals surface area (Å²) in [7, 11) is 0. The summed E-state index contributed by atoms with van der Waals surface area (Å²) in [4.78, 5) is 39.0. The molecule has 5 aromatic rings. The molecule has 148 valence electrons. The van der Waals surface area contributed by atoms with Crippen LogP contribution in [0.2, 0.25) is 0 Å².